The van der Waals surface area contributed by atoms with Crippen molar-refractivity contribution in [2.45, 2.75) is 0 Å². The summed E-state index contributed by atoms with van der Waals surface area (Å²) < 4.78 is 0. The summed E-state index contributed by atoms with van der Waals surface area (Å²) in [6.07, 6.45) is 1.36. The van der Waals surface area contributed by atoms with Gasteiger partial charge in [0.05, 0.1) is 11.8 Å². The molecular weight excluding hydrogens is 326 g/mol. The van der Waals surface area contributed by atoms with Crippen molar-refractivity contribution >= 4 is 33.8 Å². The number of aromatic amines is 1. The molecule has 0 unspecified atom stereocenters. The molecule has 1 aromatic heterocycles. The van der Waals surface area contributed by atoms with Crippen molar-refractivity contribution in [1.29, 1.82) is 0 Å². The van der Waals surface area contributed by atoms with E-state index >= 15 is 0 Å². The lowest BCUT2D eigenvalue weighted by atomic mass is 10.0. The third kappa shape index (κ3) is 2.98. The number of nitrogens with one attached hydrogen (secondary N) is 2. The highest BCUT2D eigenvalue weighted by atomic mass is 16.2. The number of hydrogen-bond acceptors (Lipinski definition) is 3. The van der Waals surface area contributed by atoms with E-state index in [-0.39, 0.29) is 11.5 Å². The molecule has 0 spiro atoms. The summed E-state index contributed by atoms with van der Waals surface area (Å²) in [4.78, 5) is 27.3. The van der Waals surface area contributed by atoms with E-state index in [2.05, 4.69) is 15.5 Å². The van der Waals surface area contributed by atoms with Gasteiger partial charge >= 0.3 is 0 Å². The normalized spacial score (nSPS) is 11.2. The number of rotatable bonds is 3. The predicted molar refractivity (Wildman–Crippen MR) is 104 cm³/mol. The number of aromatic nitrogens is 1. The zero-order valence-electron chi connectivity index (χ0n) is 13.8. The largest absolute Gasteiger partial charge is 0.321 e. The number of hydrazone groups is 1. The predicted octanol–water partition coefficient (Wildman–Crippen LogP) is 3.45. The van der Waals surface area contributed by atoms with Crippen molar-refractivity contribution in [3.63, 3.8) is 0 Å². The summed E-state index contributed by atoms with van der Waals surface area (Å²) in [5, 5.41) is 6.68. The van der Waals surface area contributed by atoms with Crippen LogP contribution in [0.15, 0.2) is 82.7 Å². The monoisotopic (exact) mass is 341 g/mol. The van der Waals surface area contributed by atoms with E-state index in [1.54, 1.807) is 12.1 Å². The number of carbonyl (C=O) groups excluding carboxylic acids is 1. The van der Waals surface area contributed by atoms with Crippen molar-refractivity contribution < 1.29 is 4.79 Å². The molecule has 3 aromatic carbocycles. The molecule has 4 aromatic rings. The SMILES string of the molecule is O=C(NN=Cc1cc2ccccc2[nH]c1=O)c1cccc2ccccc12. The Bertz CT molecular complexity index is 1200. The highest BCUT2D eigenvalue weighted by Crippen LogP contribution is 2.18. The van der Waals surface area contributed by atoms with Gasteiger partial charge in [-0.1, -0.05) is 54.6 Å². The Morgan fingerprint density at radius 1 is 0.923 bits per heavy atom. The Labute approximate surface area is 149 Å². The maximum Gasteiger partial charge on any atom is 0.271 e. The maximum absolute atomic E-state index is 12.4. The van der Waals surface area contributed by atoms with Crippen LogP contribution in [0.4, 0.5) is 0 Å². The van der Waals surface area contributed by atoms with E-state index in [1.807, 2.05) is 60.7 Å². The second kappa shape index (κ2) is 6.64. The molecule has 0 aliphatic carbocycles. The molecule has 5 heteroatoms. The van der Waals surface area contributed by atoms with Gasteiger partial charge in [0.15, 0.2) is 0 Å². The molecule has 1 amide bonds. The average Bonchev–Trinajstić information content (AvgIpc) is 2.67. The number of amides is 1. The van der Waals surface area contributed by atoms with Crippen molar-refractivity contribution in [1.82, 2.24) is 10.4 Å². The fourth-order valence-electron chi connectivity index (χ4n) is 2.90. The van der Waals surface area contributed by atoms with Gasteiger partial charge in [0.1, 0.15) is 0 Å². The number of nitrogens with zero attached hydrogens (tertiary/aromatic N) is 1. The second-order valence-corrected chi connectivity index (χ2v) is 5.87. The zero-order valence-corrected chi connectivity index (χ0v) is 13.8. The number of carbonyl (C=O) groups is 1. The minimum atomic E-state index is -0.324. The number of benzene rings is 3. The zero-order chi connectivity index (χ0) is 17.9. The van der Waals surface area contributed by atoms with Crippen LogP contribution >= 0.6 is 0 Å². The van der Waals surface area contributed by atoms with Gasteiger partial charge in [0.2, 0.25) is 0 Å². The molecule has 0 radical (unpaired) electrons. The number of pyridine rings is 1. The van der Waals surface area contributed by atoms with Crippen LogP contribution in [-0.4, -0.2) is 17.1 Å². The molecular formula is C21H15N3O2. The molecule has 0 aliphatic rings. The third-order valence-corrected chi connectivity index (χ3v) is 4.19. The van der Waals surface area contributed by atoms with E-state index in [4.69, 9.17) is 0 Å². The Kier molecular flexibility index (Phi) is 4.03. The summed E-state index contributed by atoms with van der Waals surface area (Å²) in [5.41, 5.74) is 3.91. The van der Waals surface area contributed by atoms with Gasteiger partial charge in [0.25, 0.3) is 11.5 Å². The van der Waals surface area contributed by atoms with Crippen molar-refractivity contribution in [2.24, 2.45) is 5.10 Å². The van der Waals surface area contributed by atoms with Gasteiger partial charge in [-0.3, -0.25) is 9.59 Å². The Hall–Kier alpha value is -3.73. The first-order valence-electron chi connectivity index (χ1n) is 8.15. The Morgan fingerprint density at radius 3 is 2.54 bits per heavy atom. The Morgan fingerprint density at radius 2 is 1.65 bits per heavy atom. The van der Waals surface area contributed by atoms with Gasteiger partial charge in [-0.15, -0.1) is 0 Å². The number of para-hydroxylation sites is 1. The Balaban J connectivity index is 1.59. The number of hydrogen-bond donors (Lipinski definition) is 2. The first-order chi connectivity index (χ1) is 12.7. The lowest BCUT2D eigenvalue weighted by Gasteiger charge is -2.04. The van der Waals surface area contributed by atoms with E-state index in [0.29, 0.717) is 11.1 Å². The molecule has 0 saturated carbocycles. The van der Waals surface area contributed by atoms with Crippen LogP contribution in [0.25, 0.3) is 21.7 Å². The molecule has 0 aliphatic heterocycles. The lowest BCUT2D eigenvalue weighted by Crippen LogP contribution is -2.19. The second-order valence-electron chi connectivity index (χ2n) is 5.87. The highest BCUT2D eigenvalue weighted by molar-refractivity contribution is 6.07. The topological polar surface area (TPSA) is 74.3 Å². The third-order valence-electron chi connectivity index (χ3n) is 4.19. The standard InChI is InChI=1S/C21H15N3O2/c25-20-16(12-15-7-2-4-11-19(15)23-20)13-22-24-21(26)18-10-5-8-14-6-1-3-9-17(14)18/h1-13H,(H,23,25)(H,24,26). The fraction of sp³-hybridized carbons (Fsp3) is 0. The van der Waals surface area contributed by atoms with Crippen molar-refractivity contribution in [2.75, 3.05) is 0 Å². The highest BCUT2D eigenvalue weighted by Gasteiger charge is 2.08. The smallest absolute Gasteiger partial charge is 0.271 e. The summed E-state index contributed by atoms with van der Waals surface area (Å²) in [6, 6.07) is 22.4. The van der Waals surface area contributed by atoms with Crippen LogP contribution in [0.1, 0.15) is 15.9 Å². The van der Waals surface area contributed by atoms with E-state index < -0.39 is 0 Å². The molecule has 4 rings (SSSR count). The molecule has 0 saturated heterocycles. The molecule has 2 N–H and O–H groups in total. The lowest BCUT2D eigenvalue weighted by molar-refractivity contribution is 0.0957. The van der Waals surface area contributed by atoms with Gasteiger partial charge < -0.3 is 4.98 Å². The van der Waals surface area contributed by atoms with E-state index in [1.165, 1.54) is 6.21 Å². The van der Waals surface area contributed by atoms with Crippen LogP contribution in [0.5, 0.6) is 0 Å². The van der Waals surface area contributed by atoms with Gasteiger partial charge in [-0.05, 0) is 34.4 Å². The molecule has 0 bridgehead atoms. The molecule has 0 atom stereocenters. The first kappa shape index (κ1) is 15.8. The van der Waals surface area contributed by atoms with E-state index in [0.717, 1.165) is 21.7 Å². The van der Waals surface area contributed by atoms with Gasteiger partial charge in [-0.2, -0.15) is 5.10 Å². The molecule has 0 fully saturated rings. The average molecular weight is 341 g/mol. The van der Waals surface area contributed by atoms with E-state index in [9.17, 15) is 9.59 Å². The summed E-state index contributed by atoms with van der Waals surface area (Å²) in [7, 11) is 0. The number of H-pyrrole nitrogens is 1. The summed E-state index contributed by atoms with van der Waals surface area (Å²) in [5.74, 6) is -0.324. The van der Waals surface area contributed by atoms with Crippen molar-refractivity contribution in [3.05, 3.63) is 94.3 Å². The summed E-state index contributed by atoms with van der Waals surface area (Å²) >= 11 is 0. The molecule has 1 heterocycles. The summed E-state index contributed by atoms with van der Waals surface area (Å²) in [6.45, 7) is 0. The van der Waals surface area contributed by atoms with Crippen LogP contribution in [0.2, 0.25) is 0 Å². The van der Waals surface area contributed by atoms with Crippen LogP contribution in [0.3, 0.4) is 0 Å². The fourth-order valence-corrected chi connectivity index (χ4v) is 2.90. The van der Waals surface area contributed by atoms with Crippen LogP contribution in [-0.2, 0) is 0 Å². The van der Waals surface area contributed by atoms with Crippen molar-refractivity contribution in [3.8, 4) is 0 Å². The van der Waals surface area contributed by atoms with Crippen LogP contribution in [0, 0.1) is 0 Å². The molecule has 26 heavy (non-hydrogen) atoms. The maximum atomic E-state index is 12.4. The first-order valence-corrected chi connectivity index (χ1v) is 8.15. The quantitative estimate of drug-likeness (QED) is 0.442. The minimum absolute atomic E-state index is 0.258. The van der Waals surface area contributed by atoms with Gasteiger partial charge in [-0.25, -0.2) is 5.43 Å². The minimum Gasteiger partial charge on any atom is -0.321 e. The molecule has 126 valence electrons. The molecule has 5 nitrogen and oxygen atoms in total. The van der Waals surface area contributed by atoms with Crippen LogP contribution < -0.4 is 11.0 Å². The number of fused-ring (bicyclic) bond motifs is 2. The van der Waals surface area contributed by atoms with Gasteiger partial charge in [0, 0.05) is 11.1 Å².